The van der Waals surface area contributed by atoms with Crippen molar-refractivity contribution in [2.24, 2.45) is 7.05 Å². The van der Waals surface area contributed by atoms with Gasteiger partial charge in [-0.2, -0.15) is 5.10 Å². The summed E-state index contributed by atoms with van der Waals surface area (Å²) in [5.74, 6) is 0.678. The second-order valence-corrected chi connectivity index (χ2v) is 5.75. The predicted octanol–water partition coefficient (Wildman–Crippen LogP) is 3.77. The lowest BCUT2D eigenvalue weighted by Crippen LogP contribution is -1.96. The van der Waals surface area contributed by atoms with Gasteiger partial charge in [-0.05, 0) is 41.1 Å². The molecular formula is C14H10BrClN4O2. The first-order valence-corrected chi connectivity index (χ1v) is 7.46. The molecule has 0 radical (unpaired) electrons. The first-order valence-electron chi connectivity index (χ1n) is 6.29. The fourth-order valence-corrected chi connectivity index (χ4v) is 2.80. The van der Waals surface area contributed by atoms with Gasteiger partial charge in [0.05, 0.1) is 5.02 Å². The average Bonchev–Trinajstić information content (AvgIpc) is 2.77. The van der Waals surface area contributed by atoms with Crippen LogP contribution in [0.25, 0.3) is 11.0 Å². The molecule has 0 fully saturated rings. The Labute approximate surface area is 139 Å². The van der Waals surface area contributed by atoms with Crippen molar-refractivity contribution in [1.82, 2.24) is 19.7 Å². The van der Waals surface area contributed by atoms with E-state index in [1.807, 2.05) is 0 Å². The Morgan fingerprint density at radius 3 is 2.82 bits per heavy atom. The number of fused-ring (bicyclic) bond motifs is 1. The third-order valence-corrected chi connectivity index (χ3v) is 3.94. The molecule has 0 amide bonds. The number of carbonyl (C=O) groups is 1. The van der Waals surface area contributed by atoms with E-state index in [2.05, 4.69) is 31.0 Å². The zero-order valence-corrected chi connectivity index (χ0v) is 14.0. The molecule has 0 N–H and O–H groups in total. The van der Waals surface area contributed by atoms with E-state index in [0.717, 1.165) is 0 Å². The summed E-state index contributed by atoms with van der Waals surface area (Å²) in [6.45, 7) is 1.48. The number of benzene rings is 1. The van der Waals surface area contributed by atoms with Gasteiger partial charge in [0.15, 0.2) is 11.4 Å². The van der Waals surface area contributed by atoms with Crippen LogP contribution in [0, 0.1) is 0 Å². The molecule has 0 bridgehead atoms. The quantitative estimate of drug-likeness (QED) is 0.646. The molecular weight excluding hydrogens is 372 g/mol. The highest BCUT2D eigenvalue weighted by molar-refractivity contribution is 9.10. The number of hydrogen-bond acceptors (Lipinski definition) is 5. The first kappa shape index (κ1) is 14.9. The fourth-order valence-electron chi connectivity index (χ4n) is 2.00. The highest BCUT2D eigenvalue weighted by Gasteiger charge is 2.16. The maximum atomic E-state index is 11.4. The van der Waals surface area contributed by atoms with Crippen LogP contribution in [0.1, 0.15) is 17.3 Å². The molecule has 22 heavy (non-hydrogen) atoms. The van der Waals surface area contributed by atoms with Crippen LogP contribution in [0.4, 0.5) is 0 Å². The van der Waals surface area contributed by atoms with Crippen LogP contribution in [-0.4, -0.2) is 25.5 Å². The molecule has 8 heteroatoms. The summed E-state index contributed by atoms with van der Waals surface area (Å²) < 4.78 is 7.97. The van der Waals surface area contributed by atoms with Crippen molar-refractivity contribution in [2.75, 3.05) is 0 Å². The first-order chi connectivity index (χ1) is 10.5. The molecule has 3 aromatic rings. The van der Waals surface area contributed by atoms with Crippen molar-refractivity contribution < 1.29 is 9.53 Å². The zero-order chi connectivity index (χ0) is 15.9. The van der Waals surface area contributed by atoms with Crippen LogP contribution >= 0.6 is 27.5 Å². The van der Waals surface area contributed by atoms with Gasteiger partial charge in [0.25, 0.3) is 0 Å². The monoisotopic (exact) mass is 380 g/mol. The van der Waals surface area contributed by atoms with E-state index in [1.165, 1.54) is 13.3 Å². The minimum absolute atomic E-state index is 0.0621. The molecule has 0 spiro atoms. The van der Waals surface area contributed by atoms with Crippen molar-refractivity contribution in [2.45, 2.75) is 6.92 Å². The molecule has 0 aliphatic heterocycles. The number of hydrogen-bond donors (Lipinski definition) is 0. The molecule has 0 atom stereocenters. The Morgan fingerprint density at radius 1 is 1.36 bits per heavy atom. The maximum Gasteiger partial charge on any atom is 0.234 e. The molecule has 2 heterocycles. The smallest absolute Gasteiger partial charge is 0.234 e. The van der Waals surface area contributed by atoms with E-state index in [1.54, 1.807) is 29.9 Å². The fraction of sp³-hybridized carbons (Fsp3) is 0.143. The number of Topliss-reactive ketones (excluding diaryl/α,β-unsaturated/α-hetero) is 1. The van der Waals surface area contributed by atoms with Crippen LogP contribution < -0.4 is 4.74 Å². The third kappa shape index (κ3) is 2.57. The Kier molecular flexibility index (Phi) is 3.84. The van der Waals surface area contributed by atoms with Crippen LogP contribution in [0.2, 0.25) is 5.02 Å². The van der Waals surface area contributed by atoms with Gasteiger partial charge in [-0.15, -0.1) is 0 Å². The number of halogens is 2. The predicted molar refractivity (Wildman–Crippen MR) is 85.5 cm³/mol. The van der Waals surface area contributed by atoms with Gasteiger partial charge in [-0.3, -0.25) is 4.79 Å². The van der Waals surface area contributed by atoms with Crippen LogP contribution in [-0.2, 0) is 7.05 Å². The molecule has 1 aromatic carbocycles. The summed E-state index contributed by atoms with van der Waals surface area (Å²) in [6, 6.07) is 4.85. The largest absolute Gasteiger partial charge is 0.437 e. The van der Waals surface area contributed by atoms with Crippen LogP contribution in [0.15, 0.2) is 29.1 Å². The average molecular weight is 382 g/mol. The number of nitrogens with zero attached hydrogens (tertiary/aromatic N) is 4. The molecule has 112 valence electrons. The Balaban J connectivity index is 2.05. The number of aromatic nitrogens is 4. The third-order valence-electron chi connectivity index (χ3n) is 3.09. The molecule has 0 unspecified atom stereocenters. The lowest BCUT2D eigenvalue weighted by atomic mass is 10.1. The van der Waals surface area contributed by atoms with Crippen molar-refractivity contribution in [1.29, 1.82) is 0 Å². The van der Waals surface area contributed by atoms with E-state index >= 15 is 0 Å². The number of ketones is 1. The number of rotatable bonds is 3. The standard InChI is InChI=1S/C14H10BrClN4O2/c1-7(21)8-3-4-10(9(16)5-8)22-14-11-12(15)19-20(2)13(11)17-6-18-14/h3-6H,1-2H3. The van der Waals surface area contributed by atoms with Crippen molar-refractivity contribution in [3.63, 3.8) is 0 Å². The Hall–Kier alpha value is -1.99. The van der Waals surface area contributed by atoms with Gasteiger partial charge in [0, 0.05) is 12.6 Å². The second kappa shape index (κ2) is 5.66. The van der Waals surface area contributed by atoms with E-state index in [0.29, 0.717) is 37.9 Å². The van der Waals surface area contributed by atoms with Gasteiger partial charge in [0.1, 0.15) is 22.1 Å². The van der Waals surface area contributed by atoms with E-state index in [9.17, 15) is 4.79 Å². The molecule has 2 aromatic heterocycles. The SMILES string of the molecule is CC(=O)c1ccc(Oc2ncnc3c2c(Br)nn3C)c(Cl)c1. The highest BCUT2D eigenvalue weighted by Crippen LogP contribution is 2.34. The minimum Gasteiger partial charge on any atom is -0.437 e. The van der Waals surface area contributed by atoms with Crippen molar-refractivity contribution >= 4 is 44.3 Å². The van der Waals surface area contributed by atoms with Crippen LogP contribution in [0.3, 0.4) is 0 Å². The summed E-state index contributed by atoms with van der Waals surface area (Å²) in [5.41, 5.74) is 1.15. The van der Waals surface area contributed by atoms with Gasteiger partial charge in [-0.1, -0.05) is 11.6 Å². The molecule has 0 saturated carbocycles. The Bertz CT molecular complexity index is 894. The van der Waals surface area contributed by atoms with E-state index < -0.39 is 0 Å². The molecule has 6 nitrogen and oxygen atoms in total. The van der Waals surface area contributed by atoms with Crippen molar-refractivity contribution in [3.8, 4) is 11.6 Å². The molecule has 0 aliphatic carbocycles. The lowest BCUT2D eigenvalue weighted by molar-refractivity contribution is 0.101. The summed E-state index contributed by atoms with van der Waals surface area (Å²) in [5, 5.41) is 5.21. The minimum atomic E-state index is -0.0621. The van der Waals surface area contributed by atoms with Crippen molar-refractivity contribution in [3.05, 3.63) is 39.7 Å². The Morgan fingerprint density at radius 2 is 2.14 bits per heavy atom. The summed E-state index contributed by atoms with van der Waals surface area (Å²) in [6.07, 6.45) is 1.39. The normalized spacial score (nSPS) is 10.9. The molecule has 0 saturated heterocycles. The van der Waals surface area contributed by atoms with Gasteiger partial charge < -0.3 is 4.74 Å². The lowest BCUT2D eigenvalue weighted by Gasteiger charge is -2.08. The molecule has 0 aliphatic rings. The number of ether oxygens (including phenoxy) is 1. The topological polar surface area (TPSA) is 69.9 Å². The summed E-state index contributed by atoms with van der Waals surface area (Å²) >= 11 is 9.53. The molecule has 3 rings (SSSR count). The zero-order valence-electron chi connectivity index (χ0n) is 11.7. The van der Waals surface area contributed by atoms with E-state index in [4.69, 9.17) is 16.3 Å². The van der Waals surface area contributed by atoms with Crippen LogP contribution in [0.5, 0.6) is 11.6 Å². The van der Waals surface area contributed by atoms with Gasteiger partial charge >= 0.3 is 0 Å². The summed E-state index contributed by atoms with van der Waals surface area (Å²) in [7, 11) is 1.78. The number of aryl methyl sites for hydroxylation is 1. The second-order valence-electron chi connectivity index (χ2n) is 4.60. The number of carbonyl (C=O) groups excluding carboxylic acids is 1. The van der Waals surface area contributed by atoms with Gasteiger partial charge in [0.2, 0.25) is 5.88 Å². The summed E-state index contributed by atoms with van der Waals surface area (Å²) in [4.78, 5) is 19.7. The van der Waals surface area contributed by atoms with Gasteiger partial charge in [-0.25, -0.2) is 14.6 Å². The van der Waals surface area contributed by atoms with E-state index in [-0.39, 0.29) is 5.78 Å². The highest BCUT2D eigenvalue weighted by atomic mass is 79.9. The maximum absolute atomic E-state index is 11.4.